The molecule has 0 radical (unpaired) electrons. The molecule has 0 saturated carbocycles. The van der Waals surface area contributed by atoms with Crippen molar-refractivity contribution in [2.24, 2.45) is 12.8 Å². The number of aromatic nitrogens is 4. The van der Waals surface area contributed by atoms with Crippen LogP contribution in [-0.4, -0.2) is 20.2 Å². The van der Waals surface area contributed by atoms with Gasteiger partial charge in [0, 0.05) is 13.6 Å². The summed E-state index contributed by atoms with van der Waals surface area (Å²) in [5, 5.41) is 14.5. The van der Waals surface area contributed by atoms with Gasteiger partial charge in [-0.25, -0.2) is 4.68 Å². The second-order valence-corrected chi connectivity index (χ2v) is 3.94. The number of aryl methyl sites for hydroxylation is 1. The summed E-state index contributed by atoms with van der Waals surface area (Å²) in [7, 11) is 1.80. The third-order valence-corrected chi connectivity index (χ3v) is 2.68. The number of nitrogens with one attached hydrogen (secondary N) is 1. The third-order valence-electron chi connectivity index (χ3n) is 2.68. The molecule has 6 heteroatoms. The molecule has 2 rings (SSSR count). The number of hydrogen-bond donors (Lipinski definition) is 2. The maximum absolute atomic E-state index is 5.56. The number of anilines is 1. The Morgan fingerprint density at radius 2 is 2.06 bits per heavy atom. The molecule has 2 aromatic rings. The summed E-state index contributed by atoms with van der Waals surface area (Å²) in [5.41, 5.74) is 7.86. The molecule has 0 amide bonds. The summed E-state index contributed by atoms with van der Waals surface area (Å²) in [5.74, 6) is 0.653. The highest BCUT2D eigenvalue weighted by molar-refractivity contribution is 5.32. The zero-order valence-corrected chi connectivity index (χ0v) is 9.96. The number of hydrogen-bond acceptors (Lipinski definition) is 5. The van der Waals surface area contributed by atoms with Crippen LogP contribution < -0.4 is 11.1 Å². The van der Waals surface area contributed by atoms with E-state index >= 15 is 0 Å². The topological polar surface area (TPSA) is 81.7 Å². The van der Waals surface area contributed by atoms with Crippen molar-refractivity contribution in [3.8, 4) is 0 Å². The Hall–Kier alpha value is -1.95. The molecule has 0 saturated heterocycles. The van der Waals surface area contributed by atoms with Crippen molar-refractivity contribution in [3.05, 3.63) is 35.4 Å². The predicted molar refractivity (Wildman–Crippen MR) is 65.2 cm³/mol. The average Bonchev–Trinajstić information content (AvgIpc) is 2.75. The molecule has 6 nitrogen and oxygen atoms in total. The van der Waals surface area contributed by atoms with E-state index in [1.165, 1.54) is 5.56 Å². The Bertz CT molecular complexity index is 475. The monoisotopic (exact) mass is 232 g/mol. The Morgan fingerprint density at radius 1 is 1.35 bits per heavy atom. The molecule has 0 bridgehead atoms. The van der Waals surface area contributed by atoms with E-state index in [4.69, 9.17) is 5.73 Å². The van der Waals surface area contributed by atoms with E-state index in [2.05, 4.69) is 39.9 Å². The fourth-order valence-electron chi connectivity index (χ4n) is 1.57. The standard InChI is InChI=1S/C11H16N6/c1-8(13-11-14-15-16-17(11)2)10-5-3-9(7-12)4-6-10/h3-6,8H,7,12H2,1-2H3,(H,13,14,16). The van der Waals surface area contributed by atoms with Crippen LogP contribution in [0.3, 0.4) is 0 Å². The quantitative estimate of drug-likeness (QED) is 0.816. The van der Waals surface area contributed by atoms with Gasteiger partial charge < -0.3 is 11.1 Å². The van der Waals surface area contributed by atoms with E-state index in [-0.39, 0.29) is 6.04 Å². The van der Waals surface area contributed by atoms with Crippen molar-refractivity contribution in [2.75, 3.05) is 5.32 Å². The van der Waals surface area contributed by atoms with Crippen molar-refractivity contribution >= 4 is 5.95 Å². The second-order valence-electron chi connectivity index (χ2n) is 3.94. The molecule has 0 aliphatic rings. The smallest absolute Gasteiger partial charge is 0.243 e. The Morgan fingerprint density at radius 3 is 2.59 bits per heavy atom. The SMILES string of the molecule is CC(Nc1nnnn1C)c1ccc(CN)cc1. The molecule has 17 heavy (non-hydrogen) atoms. The molecule has 1 aromatic heterocycles. The summed E-state index contributed by atoms with van der Waals surface area (Å²) in [6.07, 6.45) is 0. The van der Waals surface area contributed by atoms with Gasteiger partial charge in [-0.3, -0.25) is 0 Å². The molecule has 1 atom stereocenters. The maximum Gasteiger partial charge on any atom is 0.243 e. The van der Waals surface area contributed by atoms with Crippen LogP contribution in [0, 0.1) is 0 Å². The molecule has 3 N–H and O–H groups in total. The number of rotatable bonds is 4. The van der Waals surface area contributed by atoms with Gasteiger partial charge in [0.1, 0.15) is 0 Å². The van der Waals surface area contributed by atoms with Crippen LogP contribution in [0.1, 0.15) is 24.1 Å². The van der Waals surface area contributed by atoms with Gasteiger partial charge in [-0.05, 0) is 28.5 Å². The van der Waals surface area contributed by atoms with Gasteiger partial charge in [-0.1, -0.05) is 29.4 Å². The van der Waals surface area contributed by atoms with Crippen LogP contribution in [0.4, 0.5) is 5.95 Å². The fourth-order valence-corrected chi connectivity index (χ4v) is 1.57. The molecule has 1 aromatic carbocycles. The highest BCUT2D eigenvalue weighted by atomic mass is 15.6. The van der Waals surface area contributed by atoms with Crippen LogP contribution in [0.15, 0.2) is 24.3 Å². The third kappa shape index (κ3) is 2.59. The second kappa shape index (κ2) is 4.92. The lowest BCUT2D eigenvalue weighted by atomic mass is 10.1. The Labute approximate surface area is 99.8 Å². The van der Waals surface area contributed by atoms with E-state index in [0.717, 1.165) is 5.56 Å². The average molecular weight is 232 g/mol. The predicted octanol–water partition coefficient (Wildman–Crippen LogP) is 0.842. The molecular formula is C11H16N6. The summed E-state index contributed by atoms with van der Waals surface area (Å²) >= 11 is 0. The van der Waals surface area contributed by atoms with E-state index in [0.29, 0.717) is 12.5 Å². The lowest BCUT2D eigenvalue weighted by Crippen LogP contribution is -2.11. The van der Waals surface area contributed by atoms with Gasteiger partial charge >= 0.3 is 0 Å². The van der Waals surface area contributed by atoms with Crippen LogP contribution in [0.5, 0.6) is 0 Å². The molecule has 0 fully saturated rings. The first-order chi connectivity index (χ1) is 8.20. The summed E-state index contributed by atoms with van der Waals surface area (Å²) in [6, 6.07) is 8.32. The summed E-state index contributed by atoms with van der Waals surface area (Å²) < 4.78 is 1.60. The fraction of sp³-hybridized carbons (Fsp3) is 0.364. The first kappa shape index (κ1) is 11.5. The lowest BCUT2D eigenvalue weighted by molar-refractivity contribution is 0.706. The summed E-state index contributed by atoms with van der Waals surface area (Å²) in [6.45, 7) is 2.63. The zero-order valence-electron chi connectivity index (χ0n) is 9.96. The number of tetrazole rings is 1. The van der Waals surface area contributed by atoms with Gasteiger partial charge in [0.2, 0.25) is 5.95 Å². The first-order valence-corrected chi connectivity index (χ1v) is 5.48. The Kier molecular flexibility index (Phi) is 3.34. The van der Waals surface area contributed by atoms with E-state index in [1.807, 2.05) is 12.1 Å². The number of nitrogens with two attached hydrogens (primary N) is 1. The van der Waals surface area contributed by atoms with Crippen molar-refractivity contribution in [3.63, 3.8) is 0 Å². The van der Waals surface area contributed by atoms with Crippen molar-refractivity contribution in [1.29, 1.82) is 0 Å². The molecule has 1 heterocycles. The molecule has 0 aliphatic heterocycles. The van der Waals surface area contributed by atoms with Gasteiger partial charge in [-0.2, -0.15) is 0 Å². The number of benzene rings is 1. The number of nitrogens with zero attached hydrogens (tertiary/aromatic N) is 4. The van der Waals surface area contributed by atoms with Gasteiger partial charge in [0.05, 0.1) is 6.04 Å². The molecule has 90 valence electrons. The normalized spacial score (nSPS) is 12.4. The maximum atomic E-state index is 5.56. The minimum atomic E-state index is 0.145. The van der Waals surface area contributed by atoms with Gasteiger partial charge in [0.25, 0.3) is 0 Å². The van der Waals surface area contributed by atoms with Crippen molar-refractivity contribution in [1.82, 2.24) is 20.2 Å². The molecular weight excluding hydrogens is 216 g/mol. The van der Waals surface area contributed by atoms with Crippen molar-refractivity contribution < 1.29 is 0 Å². The zero-order chi connectivity index (χ0) is 12.3. The molecule has 0 spiro atoms. The van der Waals surface area contributed by atoms with Crippen LogP contribution in [0.25, 0.3) is 0 Å². The highest BCUT2D eigenvalue weighted by Gasteiger charge is 2.08. The minimum Gasteiger partial charge on any atom is -0.347 e. The van der Waals surface area contributed by atoms with E-state index in [9.17, 15) is 0 Å². The summed E-state index contributed by atoms with van der Waals surface area (Å²) in [4.78, 5) is 0. The minimum absolute atomic E-state index is 0.145. The van der Waals surface area contributed by atoms with E-state index < -0.39 is 0 Å². The van der Waals surface area contributed by atoms with E-state index in [1.54, 1.807) is 11.7 Å². The lowest BCUT2D eigenvalue weighted by Gasteiger charge is -2.14. The van der Waals surface area contributed by atoms with Gasteiger partial charge in [0.15, 0.2) is 0 Å². The molecule has 0 aliphatic carbocycles. The highest BCUT2D eigenvalue weighted by Crippen LogP contribution is 2.17. The van der Waals surface area contributed by atoms with Gasteiger partial charge in [-0.15, -0.1) is 0 Å². The Balaban J connectivity index is 2.09. The first-order valence-electron chi connectivity index (χ1n) is 5.48. The largest absolute Gasteiger partial charge is 0.347 e. The van der Waals surface area contributed by atoms with Crippen molar-refractivity contribution in [2.45, 2.75) is 19.5 Å². The van der Waals surface area contributed by atoms with Crippen LogP contribution in [-0.2, 0) is 13.6 Å². The molecule has 1 unspecified atom stereocenters. The van der Waals surface area contributed by atoms with Crippen LogP contribution >= 0.6 is 0 Å². The van der Waals surface area contributed by atoms with Crippen LogP contribution in [0.2, 0.25) is 0 Å².